The van der Waals surface area contributed by atoms with Crippen molar-refractivity contribution in [3.05, 3.63) is 65.0 Å². The Hall–Kier alpha value is -2.99. The Balaban J connectivity index is 1.97. The van der Waals surface area contributed by atoms with Crippen LogP contribution in [0.25, 0.3) is 11.3 Å². The van der Waals surface area contributed by atoms with Crippen molar-refractivity contribution in [1.29, 1.82) is 0 Å². The number of ketones is 1. The lowest BCUT2D eigenvalue weighted by Gasteiger charge is -2.03. The second-order valence-corrected chi connectivity index (χ2v) is 6.13. The average molecular weight is 338 g/mol. The molecule has 6 heteroatoms. The summed E-state index contributed by atoms with van der Waals surface area (Å²) in [6, 6.07) is 16.2. The molecular weight excluding hydrogens is 324 g/mol. The van der Waals surface area contributed by atoms with Crippen molar-refractivity contribution < 1.29 is 14.7 Å². The lowest BCUT2D eigenvalue weighted by atomic mass is 10.1. The van der Waals surface area contributed by atoms with Crippen LogP contribution in [0.15, 0.2) is 54.6 Å². The van der Waals surface area contributed by atoms with E-state index >= 15 is 0 Å². The molecule has 120 valence electrons. The first kappa shape index (κ1) is 15.9. The number of rotatable bonds is 5. The minimum atomic E-state index is -1.02. The number of anilines is 2. The lowest BCUT2D eigenvalue weighted by Crippen LogP contribution is -1.95. The van der Waals surface area contributed by atoms with Gasteiger partial charge in [0.25, 0.3) is 0 Å². The van der Waals surface area contributed by atoms with Gasteiger partial charge in [-0.3, -0.25) is 4.79 Å². The monoisotopic (exact) mass is 338 g/mol. The van der Waals surface area contributed by atoms with Crippen molar-refractivity contribution in [2.45, 2.75) is 6.92 Å². The van der Waals surface area contributed by atoms with E-state index in [-0.39, 0.29) is 10.7 Å². The number of aromatic nitrogens is 1. The van der Waals surface area contributed by atoms with Crippen molar-refractivity contribution >= 4 is 33.9 Å². The third kappa shape index (κ3) is 3.33. The predicted molar refractivity (Wildman–Crippen MR) is 94.2 cm³/mol. The zero-order valence-electron chi connectivity index (χ0n) is 12.8. The van der Waals surface area contributed by atoms with Crippen molar-refractivity contribution in [2.24, 2.45) is 0 Å². The summed E-state index contributed by atoms with van der Waals surface area (Å²) in [5.74, 6) is -1.05. The molecule has 0 bridgehead atoms. The van der Waals surface area contributed by atoms with Gasteiger partial charge in [-0.2, -0.15) is 0 Å². The molecule has 0 spiro atoms. The highest BCUT2D eigenvalue weighted by Gasteiger charge is 2.18. The second kappa shape index (κ2) is 6.64. The van der Waals surface area contributed by atoms with Gasteiger partial charge in [0, 0.05) is 16.8 Å². The maximum atomic E-state index is 11.5. The van der Waals surface area contributed by atoms with Crippen LogP contribution in [0.4, 0.5) is 10.8 Å². The maximum absolute atomic E-state index is 11.5. The number of carbonyl (C=O) groups is 2. The predicted octanol–water partition coefficient (Wildman–Crippen LogP) is 4.45. The van der Waals surface area contributed by atoms with Crippen molar-refractivity contribution in [2.75, 3.05) is 5.32 Å². The average Bonchev–Trinajstić information content (AvgIpc) is 3.00. The van der Waals surface area contributed by atoms with Gasteiger partial charge in [-0.05, 0) is 19.1 Å². The van der Waals surface area contributed by atoms with E-state index in [4.69, 9.17) is 0 Å². The molecule has 0 amide bonds. The lowest BCUT2D eigenvalue weighted by molar-refractivity contribution is 0.0702. The van der Waals surface area contributed by atoms with Gasteiger partial charge >= 0.3 is 5.97 Å². The summed E-state index contributed by atoms with van der Waals surface area (Å²) in [5.41, 5.74) is 2.45. The molecule has 0 atom stereocenters. The number of Topliss-reactive ketones (excluding diaryl/α,β-unsaturated/α-hetero) is 1. The molecule has 1 heterocycles. The van der Waals surface area contributed by atoms with Crippen LogP contribution < -0.4 is 5.32 Å². The minimum absolute atomic E-state index is 0.0333. The van der Waals surface area contributed by atoms with Crippen molar-refractivity contribution in [1.82, 2.24) is 4.98 Å². The van der Waals surface area contributed by atoms with Crippen LogP contribution in [0.3, 0.4) is 0 Å². The van der Waals surface area contributed by atoms with E-state index < -0.39 is 5.97 Å². The number of carboxylic acid groups (broad SMARTS) is 1. The van der Waals surface area contributed by atoms with Crippen molar-refractivity contribution in [3.63, 3.8) is 0 Å². The highest BCUT2D eigenvalue weighted by molar-refractivity contribution is 7.18. The molecule has 3 rings (SSSR count). The van der Waals surface area contributed by atoms with Gasteiger partial charge in [-0.25, -0.2) is 9.78 Å². The largest absolute Gasteiger partial charge is 0.477 e. The molecule has 5 nitrogen and oxygen atoms in total. The number of hydrogen-bond acceptors (Lipinski definition) is 5. The summed E-state index contributed by atoms with van der Waals surface area (Å²) in [5, 5.41) is 13.0. The first-order valence-electron chi connectivity index (χ1n) is 7.22. The number of nitrogens with one attached hydrogen (secondary N) is 1. The molecule has 0 aliphatic rings. The van der Waals surface area contributed by atoms with Crippen LogP contribution in [0, 0.1) is 0 Å². The Labute approximate surface area is 142 Å². The Morgan fingerprint density at radius 2 is 1.83 bits per heavy atom. The molecule has 2 N–H and O–H groups in total. The van der Waals surface area contributed by atoms with Gasteiger partial charge in [-0.15, -0.1) is 0 Å². The molecule has 0 saturated heterocycles. The van der Waals surface area contributed by atoms with E-state index in [2.05, 4.69) is 10.3 Å². The topological polar surface area (TPSA) is 79.3 Å². The molecule has 0 radical (unpaired) electrons. The Bertz CT molecular complexity index is 904. The zero-order chi connectivity index (χ0) is 17.1. The highest BCUT2D eigenvalue weighted by atomic mass is 32.1. The third-order valence-electron chi connectivity index (χ3n) is 3.39. The maximum Gasteiger partial charge on any atom is 0.348 e. The third-order valence-corrected chi connectivity index (χ3v) is 4.35. The van der Waals surface area contributed by atoms with Gasteiger partial charge in [-0.1, -0.05) is 53.8 Å². The van der Waals surface area contributed by atoms with E-state index in [0.717, 1.165) is 16.9 Å². The SMILES string of the molecule is CC(=O)c1cccc(Nc2nc(-c3ccccc3)c(C(=O)O)s2)c1. The van der Waals surface area contributed by atoms with Gasteiger partial charge in [0.15, 0.2) is 10.9 Å². The fourth-order valence-electron chi connectivity index (χ4n) is 2.25. The number of nitrogens with zero attached hydrogens (tertiary/aromatic N) is 1. The first-order valence-corrected chi connectivity index (χ1v) is 8.04. The van der Waals surface area contributed by atoms with Gasteiger partial charge in [0.1, 0.15) is 4.88 Å². The Morgan fingerprint density at radius 3 is 2.50 bits per heavy atom. The van der Waals surface area contributed by atoms with Gasteiger partial charge < -0.3 is 10.4 Å². The van der Waals surface area contributed by atoms with Crippen LogP contribution in [-0.4, -0.2) is 21.8 Å². The normalized spacial score (nSPS) is 10.4. The van der Waals surface area contributed by atoms with E-state index in [1.54, 1.807) is 24.3 Å². The summed E-state index contributed by atoms with van der Waals surface area (Å²) < 4.78 is 0. The number of carbonyl (C=O) groups excluding carboxylic acids is 1. The molecule has 0 saturated carbocycles. The summed E-state index contributed by atoms with van der Waals surface area (Å²) in [6.07, 6.45) is 0. The molecule has 0 aliphatic carbocycles. The van der Waals surface area contributed by atoms with E-state index in [1.165, 1.54) is 6.92 Å². The standard InChI is InChI=1S/C18H14N2O3S/c1-11(21)13-8-5-9-14(10-13)19-18-20-15(16(24-18)17(22)23)12-6-3-2-4-7-12/h2-10H,1H3,(H,19,20)(H,22,23). The highest BCUT2D eigenvalue weighted by Crippen LogP contribution is 2.32. The first-order chi connectivity index (χ1) is 11.5. The summed E-state index contributed by atoms with van der Waals surface area (Å²) >= 11 is 1.06. The van der Waals surface area contributed by atoms with E-state index in [1.807, 2.05) is 30.3 Å². The van der Waals surface area contributed by atoms with Crippen LogP contribution in [-0.2, 0) is 0 Å². The molecule has 3 aromatic rings. The van der Waals surface area contributed by atoms with Crippen LogP contribution in [0.2, 0.25) is 0 Å². The van der Waals surface area contributed by atoms with Gasteiger partial charge in [0.05, 0.1) is 5.69 Å². The Kier molecular flexibility index (Phi) is 4.39. The number of aromatic carboxylic acids is 1. The van der Waals surface area contributed by atoms with Crippen LogP contribution in [0.1, 0.15) is 27.0 Å². The van der Waals surface area contributed by atoms with E-state index in [0.29, 0.717) is 22.1 Å². The fraction of sp³-hybridized carbons (Fsp3) is 0.0556. The van der Waals surface area contributed by atoms with Gasteiger partial charge in [0.2, 0.25) is 0 Å². The summed E-state index contributed by atoms with van der Waals surface area (Å²) in [6.45, 7) is 1.50. The molecule has 0 unspecified atom stereocenters. The number of carboxylic acids is 1. The number of thiazole rings is 1. The number of hydrogen-bond donors (Lipinski definition) is 2. The fourth-order valence-corrected chi connectivity index (χ4v) is 3.10. The van der Waals surface area contributed by atoms with Crippen LogP contribution >= 0.6 is 11.3 Å². The molecule has 1 aromatic heterocycles. The second-order valence-electron chi connectivity index (χ2n) is 5.13. The molecular formula is C18H14N2O3S. The molecule has 0 aliphatic heterocycles. The molecule has 0 fully saturated rings. The zero-order valence-corrected chi connectivity index (χ0v) is 13.6. The minimum Gasteiger partial charge on any atom is -0.477 e. The smallest absolute Gasteiger partial charge is 0.348 e. The summed E-state index contributed by atoms with van der Waals surface area (Å²) in [7, 11) is 0. The molecule has 2 aromatic carbocycles. The van der Waals surface area contributed by atoms with Crippen LogP contribution in [0.5, 0.6) is 0 Å². The van der Waals surface area contributed by atoms with Crippen molar-refractivity contribution in [3.8, 4) is 11.3 Å². The molecule has 24 heavy (non-hydrogen) atoms. The quantitative estimate of drug-likeness (QED) is 0.672. The Morgan fingerprint density at radius 1 is 1.08 bits per heavy atom. The summed E-state index contributed by atoms with van der Waals surface area (Å²) in [4.78, 5) is 27.6. The van der Waals surface area contributed by atoms with E-state index in [9.17, 15) is 14.7 Å². The number of benzene rings is 2.